The Morgan fingerprint density at radius 1 is 1.25 bits per heavy atom. The summed E-state index contributed by atoms with van der Waals surface area (Å²) in [5.41, 5.74) is 7.37. The third-order valence-corrected chi connectivity index (χ3v) is 2.93. The Kier molecular flexibility index (Phi) is 3.10. The van der Waals surface area contributed by atoms with Crippen molar-refractivity contribution in [3.63, 3.8) is 0 Å². The molecule has 1 heterocycles. The summed E-state index contributed by atoms with van der Waals surface area (Å²) in [6.07, 6.45) is 0.552. The van der Waals surface area contributed by atoms with Crippen LogP contribution in [0.1, 0.15) is 18.4 Å². The van der Waals surface area contributed by atoms with Crippen molar-refractivity contribution in [2.24, 2.45) is 5.73 Å². The summed E-state index contributed by atoms with van der Waals surface area (Å²) >= 11 is 0. The smallest absolute Gasteiger partial charge is 0.265 e. The third-order valence-electron chi connectivity index (χ3n) is 2.93. The molecule has 1 saturated heterocycles. The van der Waals surface area contributed by atoms with Gasteiger partial charge in [0.25, 0.3) is 5.92 Å². The van der Waals surface area contributed by atoms with Gasteiger partial charge in [-0.15, -0.1) is 0 Å². The van der Waals surface area contributed by atoms with Crippen molar-refractivity contribution in [3.05, 3.63) is 29.8 Å². The predicted molar refractivity (Wildman–Crippen MR) is 60.7 cm³/mol. The summed E-state index contributed by atoms with van der Waals surface area (Å²) in [4.78, 5) is 1.74. The van der Waals surface area contributed by atoms with Crippen molar-refractivity contribution < 1.29 is 8.78 Å². The number of benzene rings is 1. The molecule has 0 amide bonds. The van der Waals surface area contributed by atoms with Crippen LogP contribution in [-0.2, 0) is 6.54 Å². The fraction of sp³-hybridized carbons (Fsp3) is 0.500. The molecule has 2 nitrogen and oxygen atoms in total. The highest BCUT2D eigenvalue weighted by molar-refractivity contribution is 5.48. The number of halogens is 2. The Hall–Kier alpha value is -1.16. The summed E-state index contributed by atoms with van der Waals surface area (Å²) in [5, 5.41) is 0. The van der Waals surface area contributed by atoms with Gasteiger partial charge in [0.15, 0.2) is 0 Å². The molecular formula is C12H16F2N2. The number of rotatable bonds is 2. The maximum absolute atomic E-state index is 13.2. The van der Waals surface area contributed by atoms with E-state index in [1.165, 1.54) is 0 Å². The zero-order valence-corrected chi connectivity index (χ0v) is 9.13. The topological polar surface area (TPSA) is 29.3 Å². The summed E-state index contributed by atoms with van der Waals surface area (Å²) < 4.78 is 26.4. The summed E-state index contributed by atoms with van der Waals surface area (Å²) in [5.74, 6) is -2.55. The van der Waals surface area contributed by atoms with E-state index in [0.717, 1.165) is 11.3 Å². The number of alkyl halides is 2. The van der Waals surface area contributed by atoms with Crippen molar-refractivity contribution in [2.75, 3.05) is 18.0 Å². The van der Waals surface area contributed by atoms with Gasteiger partial charge >= 0.3 is 0 Å². The predicted octanol–water partition coefficient (Wildman–Crippen LogP) is 2.38. The number of nitrogens with two attached hydrogens (primary N) is 1. The molecule has 88 valence electrons. The van der Waals surface area contributed by atoms with Crippen LogP contribution in [0.4, 0.5) is 14.5 Å². The molecule has 0 atom stereocenters. The average molecular weight is 226 g/mol. The van der Waals surface area contributed by atoms with E-state index in [2.05, 4.69) is 0 Å². The van der Waals surface area contributed by atoms with E-state index in [0.29, 0.717) is 19.5 Å². The summed E-state index contributed by atoms with van der Waals surface area (Å²) in [6, 6.07) is 7.51. The lowest BCUT2D eigenvalue weighted by Crippen LogP contribution is -2.42. The Balaban J connectivity index is 2.11. The number of anilines is 1. The van der Waals surface area contributed by atoms with Gasteiger partial charge in [-0.2, -0.15) is 0 Å². The highest BCUT2D eigenvalue weighted by Crippen LogP contribution is 2.29. The maximum atomic E-state index is 13.2. The van der Waals surface area contributed by atoms with Crippen molar-refractivity contribution in [3.8, 4) is 0 Å². The Labute approximate surface area is 94.0 Å². The van der Waals surface area contributed by atoms with Crippen LogP contribution in [0.3, 0.4) is 0 Å². The molecule has 0 radical (unpaired) electrons. The first-order valence-corrected chi connectivity index (χ1v) is 5.52. The summed E-state index contributed by atoms with van der Waals surface area (Å²) in [6.45, 7) is 1.02. The Bertz CT molecular complexity index is 349. The standard InChI is InChI=1S/C12H16F2N2/c13-12(14)6-1-7-16(9-12)11-4-2-10(8-15)3-5-11/h2-5H,1,6-9,15H2. The zero-order chi connectivity index (χ0) is 11.6. The average Bonchev–Trinajstić information content (AvgIpc) is 2.28. The summed E-state index contributed by atoms with van der Waals surface area (Å²) in [7, 11) is 0. The van der Waals surface area contributed by atoms with Crippen molar-refractivity contribution in [1.29, 1.82) is 0 Å². The lowest BCUT2D eigenvalue weighted by molar-refractivity contribution is -0.0116. The fourth-order valence-electron chi connectivity index (χ4n) is 2.03. The molecular weight excluding hydrogens is 210 g/mol. The normalized spacial score (nSPS) is 19.8. The van der Waals surface area contributed by atoms with Gasteiger partial charge in [0.05, 0.1) is 6.54 Å². The zero-order valence-electron chi connectivity index (χ0n) is 9.13. The van der Waals surface area contributed by atoms with E-state index in [1.54, 1.807) is 4.90 Å². The molecule has 4 heteroatoms. The van der Waals surface area contributed by atoms with Crippen LogP contribution in [-0.4, -0.2) is 19.0 Å². The first-order chi connectivity index (χ1) is 7.61. The van der Waals surface area contributed by atoms with Gasteiger partial charge in [0.1, 0.15) is 0 Å². The van der Waals surface area contributed by atoms with Gasteiger partial charge in [-0.1, -0.05) is 12.1 Å². The third kappa shape index (κ3) is 2.50. The molecule has 0 aromatic heterocycles. The number of hydrogen-bond donors (Lipinski definition) is 1. The van der Waals surface area contributed by atoms with E-state index < -0.39 is 5.92 Å². The highest BCUT2D eigenvalue weighted by atomic mass is 19.3. The molecule has 16 heavy (non-hydrogen) atoms. The number of hydrogen-bond acceptors (Lipinski definition) is 2. The highest BCUT2D eigenvalue weighted by Gasteiger charge is 2.35. The quantitative estimate of drug-likeness (QED) is 0.839. The minimum absolute atomic E-state index is 0.00435. The molecule has 1 aromatic carbocycles. The molecule has 1 aromatic rings. The maximum Gasteiger partial charge on any atom is 0.265 e. The van der Waals surface area contributed by atoms with Crippen LogP contribution in [0.15, 0.2) is 24.3 Å². The van der Waals surface area contributed by atoms with E-state index in [1.807, 2.05) is 24.3 Å². The molecule has 0 bridgehead atoms. The molecule has 1 aliphatic rings. The Morgan fingerprint density at radius 3 is 2.50 bits per heavy atom. The second-order valence-corrected chi connectivity index (χ2v) is 4.25. The minimum atomic E-state index is -2.55. The SMILES string of the molecule is NCc1ccc(N2CCCC(F)(F)C2)cc1. The first kappa shape index (κ1) is 11.3. The molecule has 0 aliphatic carbocycles. The molecule has 0 unspecified atom stereocenters. The van der Waals surface area contributed by atoms with E-state index in [9.17, 15) is 8.78 Å². The van der Waals surface area contributed by atoms with Gasteiger partial charge < -0.3 is 10.6 Å². The minimum Gasteiger partial charge on any atom is -0.365 e. The van der Waals surface area contributed by atoms with Crippen LogP contribution >= 0.6 is 0 Å². The number of piperidine rings is 1. The largest absolute Gasteiger partial charge is 0.365 e. The monoisotopic (exact) mass is 226 g/mol. The molecule has 2 rings (SSSR count). The van der Waals surface area contributed by atoms with Gasteiger partial charge in [0.2, 0.25) is 0 Å². The second kappa shape index (κ2) is 4.37. The molecule has 2 N–H and O–H groups in total. The molecule has 0 spiro atoms. The molecule has 1 fully saturated rings. The first-order valence-electron chi connectivity index (χ1n) is 5.52. The van der Waals surface area contributed by atoms with E-state index in [4.69, 9.17) is 5.73 Å². The fourth-order valence-corrected chi connectivity index (χ4v) is 2.03. The van der Waals surface area contributed by atoms with Crippen LogP contribution in [0.2, 0.25) is 0 Å². The van der Waals surface area contributed by atoms with Gasteiger partial charge in [-0.05, 0) is 24.1 Å². The van der Waals surface area contributed by atoms with Gasteiger partial charge in [-0.25, -0.2) is 8.78 Å². The van der Waals surface area contributed by atoms with Crippen molar-refractivity contribution >= 4 is 5.69 Å². The van der Waals surface area contributed by atoms with Crippen LogP contribution in [0, 0.1) is 0 Å². The molecule has 1 aliphatic heterocycles. The lowest BCUT2D eigenvalue weighted by atomic mass is 10.1. The number of nitrogens with zero attached hydrogens (tertiary/aromatic N) is 1. The van der Waals surface area contributed by atoms with Crippen LogP contribution < -0.4 is 10.6 Å². The van der Waals surface area contributed by atoms with E-state index in [-0.39, 0.29) is 13.0 Å². The van der Waals surface area contributed by atoms with E-state index >= 15 is 0 Å². The molecule has 0 saturated carbocycles. The van der Waals surface area contributed by atoms with Crippen molar-refractivity contribution in [1.82, 2.24) is 0 Å². The van der Waals surface area contributed by atoms with Gasteiger partial charge in [0, 0.05) is 25.2 Å². The van der Waals surface area contributed by atoms with Crippen LogP contribution in [0.25, 0.3) is 0 Å². The lowest BCUT2D eigenvalue weighted by Gasteiger charge is -2.34. The Morgan fingerprint density at radius 2 is 1.94 bits per heavy atom. The van der Waals surface area contributed by atoms with Gasteiger partial charge in [-0.3, -0.25) is 0 Å². The second-order valence-electron chi connectivity index (χ2n) is 4.25. The van der Waals surface area contributed by atoms with Crippen LogP contribution in [0.5, 0.6) is 0 Å². The van der Waals surface area contributed by atoms with Crippen molar-refractivity contribution in [2.45, 2.75) is 25.3 Å².